The number of carbonyl (C=O) groups excluding carboxylic acids is 2. The Kier molecular flexibility index (Phi) is 6.15. The van der Waals surface area contributed by atoms with E-state index in [4.69, 9.17) is 14.2 Å². The molecule has 0 aromatic carbocycles. The molecule has 0 saturated heterocycles. The van der Waals surface area contributed by atoms with E-state index >= 15 is 0 Å². The predicted octanol–water partition coefficient (Wildman–Crippen LogP) is 3.92. The number of amides is 2. The molecule has 0 N–H and O–H groups in total. The number of carbonyl (C=O) groups is 2. The zero-order chi connectivity index (χ0) is 18.7. The van der Waals surface area contributed by atoms with E-state index in [1.165, 1.54) is 13.3 Å². The minimum absolute atomic E-state index is 0.164. The average molecular weight is 404 g/mol. The van der Waals surface area contributed by atoms with Gasteiger partial charge in [0.25, 0.3) is 0 Å². The topological polar surface area (TPSA) is 90.8 Å². The molecule has 0 fully saturated rings. The van der Waals surface area contributed by atoms with Crippen molar-refractivity contribution in [2.24, 2.45) is 0 Å². The molecule has 0 aliphatic heterocycles. The summed E-state index contributed by atoms with van der Waals surface area (Å²) in [5.41, 5.74) is -1.62. The second-order valence-corrected chi connectivity index (χ2v) is 7.68. The SMILES string of the molecule is COc1nc(N(C(=O)OC(C)(C)C)C(=O)OC(C)(C)C)ncc1Br. The molecule has 134 valence electrons. The molecule has 0 radical (unpaired) electrons. The van der Waals surface area contributed by atoms with Crippen LogP contribution in [0.1, 0.15) is 41.5 Å². The number of imide groups is 1. The number of methoxy groups -OCH3 is 1. The van der Waals surface area contributed by atoms with E-state index in [9.17, 15) is 9.59 Å². The van der Waals surface area contributed by atoms with E-state index in [1.807, 2.05) is 0 Å². The van der Waals surface area contributed by atoms with Crippen molar-refractivity contribution in [2.75, 3.05) is 12.0 Å². The van der Waals surface area contributed by atoms with Crippen LogP contribution in [0.25, 0.3) is 0 Å². The number of hydrogen-bond acceptors (Lipinski definition) is 7. The van der Waals surface area contributed by atoms with Crippen LogP contribution in [-0.4, -0.2) is 40.5 Å². The highest BCUT2D eigenvalue weighted by Gasteiger charge is 2.35. The molecular formula is C15H22BrN3O5. The van der Waals surface area contributed by atoms with Gasteiger partial charge in [0.15, 0.2) is 0 Å². The third-order valence-electron chi connectivity index (χ3n) is 2.24. The van der Waals surface area contributed by atoms with Crippen molar-refractivity contribution >= 4 is 34.1 Å². The average Bonchev–Trinajstić information content (AvgIpc) is 2.36. The summed E-state index contributed by atoms with van der Waals surface area (Å²) in [6, 6.07) is 0. The van der Waals surface area contributed by atoms with E-state index < -0.39 is 23.4 Å². The van der Waals surface area contributed by atoms with Crippen LogP contribution in [0, 0.1) is 0 Å². The highest BCUT2D eigenvalue weighted by molar-refractivity contribution is 9.10. The van der Waals surface area contributed by atoms with Crippen molar-refractivity contribution in [1.82, 2.24) is 9.97 Å². The maximum Gasteiger partial charge on any atom is 0.427 e. The molecule has 0 spiro atoms. The van der Waals surface area contributed by atoms with Crippen molar-refractivity contribution in [3.05, 3.63) is 10.7 Å². The maximum atomic E-state index is 12.4. The Hall–Kier alpha value is -1.90. The van der Waals surface area contributed by atoms with Crippen molar-refractivity contribution in [3.8, 4) is 5.88 Å². The van der Waals surface area contributed by atoms with E-state index in [1.54, 1.807) is 41.5 Å². The van der Waals surface area contributed by atoms with Gasteiger partial charge in [0.05, 0.1) is 17.8 Å². The second-order valence-electron chi connectivity index (χ2n) is 6.82. The summed E-state index contributed by atoms with van der Waals surface area (Å²) in [6.07, 6.45) is -0.523. The Labute approximate surface area is 149 Å². The fraction of sp³-hybridized carbons (Fsp3) is 0.600. The van der Waals surface area contributed by atoms with Crippen LogP contribution >= 0.6 is 15.9 Å². The van der Waals surface area contributed by atoms with Crippen LogP contribution in [0.5, 0.6) is 5.88 Å². The van der Waals surface area contributed by atoms with Gasteiger partial charge in [0.2, 0.25) is 11.8 Å². The lowest BCUT2D eigenvalue weighted by Gasteiger charge is -2.27. The Balaban J connectivity index is 3.27. The Morgan fingerprint density at radius 1 is 1.04 bits per heavy atom. The molecule has 9 heteroatoms. The normalized spacial score (nSPS) is 11.7. The minimum atomic E-state index is -0.943. The molecule has 1 heterocycles. The minimum Gasteiger partial charge on any atom is -0.480 e. The lowest BCUT2D eigenvalue weighted by Crippen LogP contribution is -2.44. The first-order valence-electron chi connectivity index (χ1n) is 7.16. The Morgan fingerprint density at radius 2 is 1.50 bits per heavy atom. The largest absolute Gasteiger partial charge is 0.480 e. The van der Waals surface area contributed by atoms with Gasteiger partial charge in [0.1, 0.15) is 11.2 Å². The molecule has 0 bridgehead atoms. The summed E-state index contributed by atoms with van der Waals surface area (Å²) in [6.45, 7) is 10.1. The molecule has 1 aromatic heterocycles. The number of aromatic nitrogens is 2. The number of rotatable bonds is 2. The number of halogens is 1. The van der Waals surface area contributed by atoms with E-state index in [-0.39, 0.29) is 11.8 Å². The maximum absolute atomic E-state index is 12.4. The van der Waals surface area contributed by atoms with E-state index in [0.717, 1.165) is 0 Å². The zero-order valence-electron chi connectivity index (χ0n) is 14.8. The van der Waals surface area contributed by atoms with Crippen LogP contribution in [0.2, 0.25) is 0 Å². The van der Waals surface area contributed by atoms with Crippen molar-refractivity contribution in [2.45, 2.75) is 52.7 Å². The van der Waals surface area contributed by atoms with Gasteiger partial charge < -0.3 is 14.2 Å². The summed E-state index contributed by atoms with van der Waals surface area (Å²) < 4.78 is 16.0. The molecule has 0 atom stereocenters. The Morgan fingerprint density at radius 3 is 1.88 bits per heavy atom. The van der Waals surface area contributed by atoms with Gasteiger partial charge in [-0.05, 0) is 57.5 Å². The van der Waals surface area contributed by atoms with Gasteiger partial charge in [-0.25, -0.2) is 14.6 Å². The van der Waals surface area contributed by atoms with E-state index in [0.29, 0.717) is 9.37 Å². The smallest absolute Gasteiger partial charge is 0.427 e. The molecule has 1 aromatic rings. The highest BCUT2D eigenvalue weighted by Crippen LogP contribution is 2.25. The lowest BCUT2D eigenvalue weighted by atomic mass is 10.2. The van der Waals surface area contributed by atoms with Crippen LogP contribution in [0.3, 0.4) is 0 Å². The number of anilines is 1. The van der Waals surface area contributed by atoms with Gasteiger partial charge in [-0.15, -0.1) is 4.90 Å². The third kappa shape index (κ3) is 5.95. The number of hydrogen-bond donors (Lipinski definition) is 0. The summed E-state index contributed by atoms with van der Waals surface area (Å²) >= 11 is 3.21. The molecule has 0 aliphatic carbocycles. The molecule has 0 saturated carbocycles. The van der Waals surface area contributed by atoms with Gasteiger partial charge in [-0.1, -0.05) is 0 Å². The van der Waals surface area contributed by atoms with Crippen LogP contribution in [-0.2, 0) is 9.47 Å². The third-order valence-corrected chi connectivity index (χ3v) is 2.79. The molecule has 0 aliphatic rings. The van der Waals surface area contributed by atoms with Crippen molar-refractivity contribution < 1.29 is 23.8 Å². The summed E-state index contributed by atoms with van der Waals surface area (Å²) in [5, 5.41) is 0. The van der Waals surface area contributed by atoms with Crippen LogP contribution < -0.4 is 9.64 Å². The predicted molar refractivity (Wildman–Crippen MR) is 91.2 cm³/mol. The first-order valence-corrected chi connectivity index (χ1v) is 7.96. The lowest BCUT2D eigenvalue weighted by molar-refractivity contribution is 0.0427. The summed E-state index contributed by atoms with van der Waals surface area (Å²) in [7, 11) is 1.40. The van der Waals surface area contributed by atoms with E-state index in [2.05, 4.69) is 25.9 Å². The Bertz CT molecular complexity index is 595. The fourth-order valence-electron chi connectivity index (χ4n) is 1.45. The molecule has 0 unspecified atom stereocenters. The van der Waals surface area contributed by atoms with Crippen LogP contribution in [0.15, 0.2) is 10.7 Å². The fourth-order valence-corrected chi connectivity index (χ4v) is 1.80. The first kappa shape index (κ1) is 20.1. The molecule has 24 heavy (non-hydrogen) atoms. The van der Waals surface area contributed by atoms with Gasteiger partial charge >= 0.3 is 12.2 Å². The molecule has 2 amide bonds. The molecular weight excluding hydrogens is 382 g/mol. The standard InChI is InChI=1S/C15H22BrN3O5/c1-14(2,3)23-12(20)19(13(21)24-15(4,5)6)11-17-8-9(16)10(18-11)22-7/h8H,1-7H3. The zero-order valence-corrected chi connectivity index (χ0v) is 16.4. The monoisotopic (exact) mass is 403 g/mol. The van der Waals surface area contributed by atoms with Crippen molar-refractivity contribution in [3.63, 3.8) is 0 Å². The second kappa shape index (κ2) is 7.33. The molecule has 1 rings (SSSR count). The first-order chi connectivity index (χ1) is 10.8. The summed E-state index contributed by atoms with van der Waals surface area (Å²) in [4.78, 5) is 33.5. The quantitative estimate of drug-likeness (QED) is 0.738. The van der Waals surface area contributed by atoms with Crippen LogP contribution in [0.4, 0.5) is 15.5 Å². The number of nitrogens with zero attached hydrogens (tertiary/aromatic N) is 3. The highest BCUT2D eigenvalue weighted by atomic mass is 79.9. The van der Waals surface area contributed by atoms with Gasteiger partial charge in [-0.3, -0.25) is 0 Å². The van der Waals surface area contributed by atoms with Gasteiger partial charge in [0, 0.05) is 0 Å². The summed E-state index contributed by atoms with van der Waals surface area (Å²) in [5.74, 6) is -0.0457. The van der Waals surface area contributed by atoms with Gasteiger partial charge in [-0.2, -0.15) is 4.98 Å². The van der Waals surface area contributed by atoms with Crippen molar-refractivity contribution in [1.29, 1.82) is 0 Å². The molecule has 8 nitrogen and oxygen atoms in total. The number of ether oxygens (including phenoxy) is 3.